The molecule has 0 N–H and O–H groups in total. The number of benzene rings is 1. The maximum Gasteiger partial charge on any atom is 0.409 e. The lowest BCUT2D eigenvalue weighted by Gasteiger charge is -2.32. The summed E-state index contributed by atoms with van der Waals surface area (Å²) < 4.78 is 20.9. The highest BCUT2D eigenvalue weighted by molar-refractivity contribution is 5.68. The molecule has 140 valence electrons. The molecule has 1 fully saturated rings. The number of anilines is 1. The lowest BCUT2D eigenvalue weighted by Crippen LogP contribution is -2.49. The highest BCUT2D eigenvalue weighted by Gasteiger charge is 2.25. The van der Waals surface area contributed by atoms with Gasteiger partial charge in [0.25, 0.3) is 0 Å². The monoisotopic (exact) mass is 362 g/mol. The molecule has 3 rings (SSSR count). The number of nitrogens with zero attached hydrogens (tertiary/aromatic N) is 4. The third-order valence-corrected chi connectivity index (χ3v) is 4.13. The van der Waals surface area contributed by atoms with Crippen LogP contribution in [0.4, 0.5) is 10.8 Å². The van der Waals surface area contributed by atoms with E-state index in [4.69, 9.17) is 18.7 Å². The van der Waals surface area contributed by atoms with Crippen molar-refractivity contribution in [2.24, 2.45) is 0 Å². The summed E-state index contributed by atoms with van der Waals surface area (Å²) in [5.74, 6) is 1.70. The molecule has 1 aliphatic heterocycles. The van der Waals surface area contributed by atoms with Crippen LogP contribution >= 0.6 is 0 Å². The van der Waals surface area contributed by atoms with E-state index in [0.29, 0.717) is 56.1 Å². The Kier molecular flexibility index (Phi) is 5.45. The zero-order chi connectivity index (χ0) is 18.5. The zero-order valence-corrected chi connectivity index (χ0v) is 15.1. The second-order valence-corrected chi connectivity index (χ2v) is 5.64. The van der Waals surface area contributed by atoms with Gasteiger partial charge >= 0.3 is 12.1 Å². The molecule has 0 saturated carbocycles. The van der Waals surface area contributed by atoms with E-state index in [0.717, 1.165) is 5.56 Å². The van der Waals surface area contributed by atoms with Gasteiger partial charge in [-0.1, -0.05) is 5.16 Å². The molecule has 0 radical (unpaired) electrons. The van der Waals surface area contributed by atoms with Crippen LogP contribution in [-0.4, -0.2) is 68.1 Å². The van der Waals surface area contributed by atoms with E-state index >= 15 is 0 Å². The van der Waals surface area contributed by atoms with Gasteiger partial charge in [0, 0.05) is 31.7 Å². The van der Waals surface area contributed by atoms with Crippen LogP contribution in [-0.2, 0) is 4.74 Å². The van der Waals surface area contributed by atoms with Crippen LogP contribution in [0.2, 0.25) is 0 Å². The second kappa shape index (κ2) is 7.94. The lowest BCUT2D eigenvalue weighted by atomic mass is 10.2. The highest BCUT2D eigenvalue weighted by atomic mass is 16.6. The normalized spacial score (nSPS) is 14.3. The fourth-order valence-electron chi connectivity index (χ4n) is 2.73. The molecule has 0 atom stereocenters. The van der Waals surface area contributed by atoms with Gasteiger partial charge in [0.1, 0.15) is 0 Å². The van der Waals surface area contributed by atoms with E-state index in [1.165, 1.54) is 0 Å². The lowest BCUT2D eigenvalue weighted by molar-refractivity contribution is 0.104. The van der Waals surface area contributed by atoms with Crippen molar-refractivity contribution in [1.29, 1.82) is 0 Å². The molecule has 26 heavy (non-hydrogen) atoms. The van der Waals surface area contributed by atoms with Crippen molar-refractivity contribution in [3.63, 3.8) is 0 Å². The van der Waals surface area contributed by atoms with Crippen LogP contribution in [0.1, 0.15) is 6.92 Å². The first kappa shape index (κ1) is 17.8. The molecule has 2 aromatic rings. The SMILES string of the molecule is CCOC(=O)N1CCN(c2nc(-c3ccc(OC)c(OC)c3)no2)CC1. The first-order chi connectivity index (χ1) is 12.7. The zero-order valence-electron chi connectivity index (χ0n) is 15.1. The number of carbonyl (C=O) groups excluding carboxylic acids is 1. The van der Waals surface area contributed by atoms with Gasteiger partial charge < -0.3 is 28.5 Å². The van der Waals surface area contributed by atoms with Crippen LogP contribution in [0.25, 0.3) is 11.4 Å². The summed E-state index contributed by atoms with van der Waals surface area (Å²) in [4.78, 5) is 19.8. The van der Waals surface area contributed by atoms with Gasteiger partial charge in [-0.2, -0.15) is 4.98 Å². The molecule has 1 aromatic heterocycles. The highest BCUT2D eigenvalue weighted by Crippen LogP contribution is 2.31. The number of aromatic nitrogens is 2. The van der Waals surface area contributed by atoms with Gasteiger partial charge in [0.05, 0.1) is 20.8 Å². The Morgan fingerprint density at radius 1 is 1.15 bits per heavy atom. The van der Waals surface area contributed by atoms with E-state index in [1.54, 1.807) is 38.2 Å². The quantitative estimate of drug-likeness (QED) is 0.798. The van der Waals surface area contributed by atoms with Crippen LogP contribution in [0.5, 0.6) is 11.5 Å². The minimum atomic E-state index is -0.288. The van der Waals surface area contributed by atoms with E-state index < -0.39 is 0 Å². The largest absolute Gasteiger partial charge is 0.493 e. The summed E-state index contributed by atoms with van der Waals surface area (Å²) in [6, 6.07) is 5.86. The maximum atomic E-state index is 11.8. The molecule has 1 saturated heterocycles. The van der Waals surface area contributed by atoms with Crippen molar-refractivity contribution in [1.82, 2.24) is 15.0 Å². The topological polar surface area (TPSA) is 90.2 Å². The third-order valence-electron chi connectivity index (χ3n) is 4.13. The van der Waals surface area contributed by atoms with Gasteiger partial charge in [-0.15, -0.1) is 0 Å². The summed E-state index contributed by atoms with van der Waals surface area (Å²) >= 11 is 0. The molecule has 0 spiro atoms. The summed E-state index contributed by atoms with van der Waals surface area (Å²) in [6.07, 6.45) is -0.288. The van der Waals surface area contributed by atoms with E-state index in [-0.39, 0.29) is 6.09 Å². The minimum Gasteiger partial charge on any atom is -0.493 e. The molecule has 0 aliphatic carbocycles. The van der Waals surface area contributed by atoms with Crippen molar-refractivity contribution in [2.45, 2.75) is 6.92 Å². The first-order valence-electron chi connectivity index (χ1n) is 8.39. The van der Waals surface area contributed by atoms with Gasteiger partial charge in [0.15, 0.2) is 11.5 Å². The number of rotatable bonds is 5. The van der Waals surface area contributed by atoms with Crippen molar-refractivity contribution in [3.8, 4) is 22.9 Å². The Morgan fingerprint density at radius 3 is 2.54 bits per heavy atom. The Labute approximate surface area is 151 Å². The predicted octanol–water partition coefficient (Wildman–Crippen LogP) is 2.03. The summed E-state index contributed by atoms with van der Waals surface area (Å²) in [5, 5.41) is 4.05. The van der Waals surface area contributed by atoms with Crippen molar-refractivity contribution < 1.29 is 23.5 Å². The summed E-state index contributed by atoms with van der Waals surface area (Å²) in [5.41, 5.74) is 0.766. The van der Waals surface area contributed by atoms with E-state index in [2.05, 4.69) is 10.1 Å². The summed E-state index contributed by atoms with van der Waals surface area (Å²) in [7, 11) is 3.16. The second-order valence-electron chi connectivity index (χ2n) is 5.64. The molecule has 2 heterocycles. The van der Waals surface area contributed by atoms with Gasteiger partial charge in [-0.05, 0) is 25.1 Å². The Hall–Kier alpha value is -2.97. The van der Waals surface area contributed by atoms with Crippen molar-refractivity contribution in [2.75, 3.05) is 51.9 Å². The number of piperazine rings is 1. The molecule has 1 aromatic carbocycles. The fourth-order valence-corrected chi connectivity index (χ4v) is 2.73. The van der Waals surface area contributed by atoms with Gasteiger partial charge in [-0.3, -0.25) is 0 Å². The number of ether oxygens (including phenoxy) is 3. The number of hydrogen-bond donors (Lipinski definition) is 0. The first-order valence-corrected chi connectivity index (χ1v) is 8.39. The molecule has 1 aliphatic rings. The average molecular weight is 362 g/mol. The number of hydrogen-bond acceptors (Lipinski definition) is 8. The smallest absolute Gasteiger partial charge is 0.409 e. The number of carbonyl (C=O) groups is 1. The van der Waals surface area contributed by atoms with E-state index in [9.17, 15) is 4.79 Å². The maximum absolute atomic E-state index is 11.8. The van der Waals surface area contributed by atoms with Crippen LogP contribution in [0, 0.1) is 0 Å². The fraction of sp³-hybridized carbons (Fsp3) is 0.471. The molecule has 0 bridgehead atoms. The van der Waals surface area contributed by atoms with Crippen LogP contribution in [0.15, 0.2) is 22.7 Å². The molecule has 9 nitrogen and oxygen atoms in total. The Balaban J connectivity index is 1.68. The average Bonchev–Trinajstić information content (AvgIpc) is 3.18. The van der Waals surface area contributed by atoms with Crippen molar-refractivity contribution >= 4 is 12.1 Å². The minimum absolute atomic E-state index is 0.288. The predicted molar refractivity (Wildman–Crippen MR) is 93.6 cm³/mol. The standard InChI is InChI=1S/C17H22N4O5/c1-4-25-17(22)21-9-7-20(8-10-21)16-18-15(19-26-16)12-5-6-13(23-2)14(11-12)24-3/h5-6,11H,4,7-10H2,1-3H3. The summed E-state index contributed by atoms with van der Waals surface area (Å²) in [6.45, 7) is 4.47. The molecule has 9 heteroatoms. The third kappa shape index (κ3) is 3.66. The molecular weight excluding hydrogens is 340 g/mol. The molecular formula is C17H22N4O5. The molecule has 1 amide bonds. The Morgan fingerprint density at radius 2 is 1.88 bits per heavy atom. The van der Waals surface area contributed by atoms with Crippen LogP contribution in [0.3, 0.4) is 0 Å². The van der Waals surface area contributed by atoms with Crippen molar-refractivity contribution in [3.05, 3.63) is 18.2 Å². The number of methoxy groups -OCH3 is 2. The van der Waals surface area contributed by atoms with Gasteiger partial charge in [0.2, 0.25) is 5.82 Å². The molecule has 0 unspecified atom stereocenters. The van der Waals surface area contributed by atoms with Crippen LogP contribution < -0.4 is 14.4 Å². The Bertz CT molecular complexity index is 755. The number of amides is 1. The van der Waals surface area contributed by atoms with E-state index in [1.807, 2.05) is 11.0 Å². The van der Waals surface area contributed by atoms with Gasteiger partial charge in [-0.25, -0.2) is 4.79 Å².